The van der Waals surface area contributed by atoms with E-state index >= 15 is 0 Å². The highest BCUT2D eigenvalue weighted by atomic mass is 35.5. The van der Waals surface area contributed by atoms with E-state index in [2.05, 4.69) is 15.5 Å². The van der Waals surface area contributed by atoms with Crippen LogP contribution in [0.5, 0.6) is 11.5 Å². The zero-order chi connectivity index (χ0) is 22.0. The Morgan fingerprint density at radius 3 is 2.42 bits per heavy atom. The van der Waals surface area contributed by atoms with Gasteiger partial charge in [0.15, 0.2) is 11.5 Å². The van der Waals surface area contributed by atoms with Gasteiger partial charge in [-0.25, -0.2) is 9.37 Å². The lowest BCUT2D eigenvalue weighted by Crippen LogP contribution is -2.41. The zero-order valence-corrected chi connectivity index (χ0v) is 18.5. The first-order chi connectivity index (χ1) is 15.0. The predicted octanol–water partition coefficient (Wildman–Crippen LogP) is 4.37. The molecule has 0 saturated carbocycles. The van der Waals surface area contributed by atoms with Crippen molar-refractivity contribution in [2.24, 2.45) is 0 Å². The largest absolute Gasteiger partial charge is 0.493 e. The number of benzene rings is 2. The smallest absolute Gasteiger partial charge is 0.227 e. The molecule has 1 aliphatic heterocycles. The van der Waals surface area contributed by atoms with Gasteiger partial charge in [-0.2, -0.15) is 4.98 Å². The minimum absolute atomic E-state index is 0.277. The van der Waals surface area contributed by atoms with E-state index in [1.54, 1.807) is 32.4 Å². The summed E-state index contributed by atoms with van der Waals surface area (Å²) < 4.78 is 25.4. The number of ether oxygens (including phenoxy) is 2. The Labute approximate surface area is 185 Å². The Hall–Kier alpha value is -2.84. The fourth-order valence-corrected chi connectivity index (χ4v) is 3.93. The Balaban J connectivity index is 1.80. The molecule has 3 aromatic rings. The fraction of sp³-hybridized carbons (Fsp3) is 0.364. The van der Waals surface area contributed by atoms with Crippen LogP contribution in [-0.2, 0) is 0 Å². The molecule has 4 rings (SSSR count). The van der Waals surface area contributed by atoms with Gasteiger partial charge in [-0.05, 0) is 44.2 Å². The number of anilines is 3. The lowest BCUT2D eigenvalue weighted by Gasteiger charge is -2.32. The summed E-state index contributed by atoms with van der Waals surface area (Å²) in [6.45, 7) is 1.66. The number of hydrogen-bond acceptors (Lipinski definition) is 7. The lowest BCUT2D eigenvalue weighted by atomic mass is 10.1. The third kappa shape index (κ3) is 4.45. The van der Waals surface area contributed by atoms with Crippen molar-refractivity contribution < 1.29 is 13.9 Å². The number of fused-ring (bicyclic) bond motifs is 1. The van der Waals surface area contributed by atoms with Gasteiger partial charge in [0.05, 0.1) is 25.4 Å². The summed E-state index contributed by atoms with van der Waals surface area (Å²) in [5, 5.41) is 7.46. The van der Waals surface area contributed by atoms with Crippen molar-refractivity contribution in [2.75, 3.05) is 44.6 Å². The average molecular weight is 446 g/mol. The van der Waals surface area contributed by atoms with Crippen LogP contribution in [0.25, 0.3) is 10.9 Å². The third-order valence-electron chi connectivity index (χ3n) is 5.56. The second kappa shape index (κ2) is 9.11. The Kier molecular flexibility index (Phi) is 6.29. The maximum Gasteiger partial charge on any atom is 0.227 e. The van der Waals surface area contributed by atoms with E-state index in [1.165, 1.54) is 6.07 Å². The molecule has 1 fully saturated rings. The standard InChI is InChI=1S/C22H25ClFN5O2/c1-25-14-6-8-29(9-7-14)22-27-18-12-20(31-3)19(30-2)11-15(18)21(28-22)26-17-5-4-13(23)10-16(17)24/h4-5,10-12,14,25H,6-9H2,1-3H3,(H,26,27,28). The summed E-state index contributed by atoms with van der Waals surface area (Å²) in [7, 11) is 5.13. The molecule has 9 heteroatoms. The summed E-state index contributed by atoms with van der Waals surface area (Å²) in [6, 6.07) is 8.57. The molecular formula is C22H25ClFN5O2. The maximum atomic E-state index is 14.5. The molecule has 2 aromatic carbocycles. The Morgan fingerprint density at radius 2 is 1.77 bits per heavy atom. The number of aromatic nitrogens is 2. The first kappa shape index (κ1) is 21.4. The molecule has 1 aliphatic rings. The summed E-state index contributed by atoms with van der Waals surface area (Å²) in [4.78, 5) is 11.7. The van der Waals surface area contributed by atoms with Gasteiger partial charge in [-0.15, -0.1) is 0 Å². The zero-order valence-electron chi connectivity index (χ0n) is 17.7. The van der Waals surface area contributed by atoms with Crippen molar-refractivity contribution in [1.29, 1.82) is 0 Å². The number of rotatable bonds is 6. The quantitative estimate of drug-likeness (QED) is 0.583. The van der Waals surface area contributed by atoms with Crippen LogP contribution in [0, 0.1) is 5.82 Å². The van der Waals surface area contributed by atoms with Crippen molar-refractivity contribution in [2.45, 2.75) is 18.9 Å². The van der Waals surface area contributed by atoms with E-state index in [-0.39, 0.29) is 5.69 Å². The second-order valence-electron chi connectivity index (χ2n) is 7.40. The summed E-state index contributed by atoms with van der Waals surface area (Å²) >= 11 is 5.90. The van der Waals surface area contributed by atoms with Crippen LogP contribution in [0.1, 0.15) is 12.8 Å². The molecule has 7 nitrogen and oxygen atoms in total. The first-order valence-electron chi connectivity index (χ1n) is 10.1. The van der Waals surface area contributed by atoms with Crippen LogP contribution >= 0.6 is 11.6 Å². The minimum Gasteiger partial charge on any atom is -0.493 e. The SMILES string of the molecule is CNC1CCN(c2nc(Nc3ccc(Cl)cc3F)c3cc(OC)c(OC)cc3n2)CC1. The number of nitrogens with zero attached hydrogens (tertiary/aromatic N) is 3. The molecule has 2 N–H and O–H groups in total. The molecule has 0 aliphatic carbocycles. The molecule has 0 bridgehead atoms. The Morgan fingerprint density at radius 1 is 1.06 bits per heavy atom. The van der Waals surface area contributed by atoms with Crippen LogP contribution in [0.2, 0.25) is 5.02 Å². The van der Waals surface area contributed by atoms with E-state index in [0.717, 1.165) is 25.9 Å². The van der Waals surface area contributed by atoms with Crippen LogP contribution < -0.4 is 25.0 Å². The van der Waals surface area contributed by atoms with E-state index < -0.39 is 5.82 Å². The number of hydrogen-bond donors (Lipinski definition) is 2. The van der Waals surface area contributed by atoms with Crippen molar-refractivity contribution >= 4 is 40.0 Å². The molecule has 164 valence electrons. The summed E-state index contributed by atoms with van der Waals surface area (Å²) in [6.07, 6.45) is 2.00. The van der Waals surface area contributed by atoms with E-state index in [4.69, 9.17) is 31.0 Å². The highest BCUT2D eigenvalue weighted by Gasteiger charge is 2.22. The summed E-state index contributed by atoms with van der Waals surface area (Å²) in [5.41, 5.74) is 0.953. The van der Waals surface area contributed by atoms with Crippen LogP contribution in [-0.4, -0.2) is 50.4 Å². The molecule has 0 amide bonds. The van der Waals surface area contributed by atoms with Gasteiger partial charge in [0.25, 0.3) is 0 Å². The molecule has 1 aromatic heterocycles. The normalized spacial score (nSPS) is 14.7. The van der Waals surface area contributed by atoms with Crippen LogP contribution in [0.15, 0.2) is 30.3 Å². The number of piperidine rings is 1. The van der Waals surface area contributed by atoms with Gasteiger partial charge in [-0.1, -0.05) is 11.6 Å². The second-order valence-corrected chi connectivity index (χ2v) is 7.83. The van der Waals surface area contributed by atoms with Gasteiger partial charge < -0.3 is 25.0 Å². The average Bonchev–Trinajstić information content (AvgIpc) is 2.79. The molecule has 31 heavy (non-hydrogen) atoms. The van der Waals surface area contributed by atoms with Gasteiger partial charge in [-0.3, -0.25) is 0 Å². The van der Waals surface area contributed by atoms with Crippen LogP contribution in [0.4, 0.5) is 21.8 Å². The third-order valence-corrected chi connectivity index (χ3v) is 5.79. The van der Waals surface area contributed by atoms with Gasteiger partial charge in [0.1, 0.15) is 11.6 Å². The number of nitrogens with one attached hydrogen (secondary N) is 2. The molecule has 0 atom stereocenters. The highest BCUT2D eigenvalue weighted by Crippen LogP contribution is 2.36. The van der Waals surface area contributed by atoms with Crippen LogP contribution in [0.3, 0.4) is 0 Å². The first-order valence-corrected chi connectivity index (χ1v) is 10.5. The molecule has 0 unspecified atom stereocenters. The van der Waals surface area contributed by atoms with E-state index in [1.807, 2.05) is 13.1 Å². The lowest BCUT2D eigenvalue weighted by molar-refractivity contribution is 0.356. The summed E-state index contributed by atoms with van der Waals surface area (Å²) in [5.74, 6) is 1.72. The van der Waals surface area contributed by atoms with Crippen molar-refractivity contribution in [3.63, 3.8) is 0 Å². The molecule has 0 radical (unpaired) electrons. The maximum absolute atomic E-state index is 14.5. The number of halogens is 2. The van der Waals surface area contributed by atoms with Crippen molar-refractivity contribution in [3.8, 4) is 11.5 Å². The highest BCUT2D eigenvalue weighted by molar-refractivity contribution is 6.30. The monoisotopic (exact) mass is 445 g/mol. The van der Waals surface area contributed by atoms with Crippen molar-refractivity contribution in [1.82, 2.24) is 15.3 Å². The minimum atomic E-state index is -0.462. The Bertz CT molecular complexity index is 1090. The van der Waals surface area contributed by atoms with E-state index in [0.29, 0.717) is 45.2 Å². The predicted molar refractivity (Wildman–Crippen MR) is 122 cm³/mol. The molecule has 1 saturated heterocycles. The van der Waals surface area contributed by atoms with Gasteiger partial charge >= 0.3 is 0 Å². The van der Waals surface area contributed by atoms with Crippen molar-refractivity contribution in [3.05, 3.63) is 41.2 Å². The number of methoxy groups -OCH3 is 2. The topological polar surface area (TPSA) is 71.5 Å². The van der Waals surface area contributed by atoms with Gasteiger partial charge in [0, 0.05) is 35.6 Å². The molecule has 2 heterocycles. The fourth-order valence-electron chi connectivity index (χ4n) is 3.77. The van der Waals surface area contributed by atoms with E-state index in [9.17, 15) is 4.39 Å². The molecule has 0 spiro atoms. The molecular weight excluding hydrogens is 421 g/mol. The van der Waals surface area contributed by atoms with Gasteiger partial charge in [0.2, 0.25) is 5.95 Å².